The topological polar surface area (TPSA) is 60.3 Å². The second-order valence-corrected chi connectivity index (χ2v) is 6.89. The first kappa shape index (κ1) is 19.7. The van der Waals surface area contributed by atoms with Crippen molar-refractivity contribution >= 4 is 16.8 Å². The van der Waals surface area contributed by atoms with Crippen molar-refractivity contribution in [1.29, 1.82) is 0 Å². The predicted molar refractivity (Wildman–Crippen MR) is 112 cm³/mol. The Morgan fingerprint density at radius 3 is 2.57 bits per heavy atom. The lowest BCUT2D eigenvalue weighted by atomic mass is 10.1. The van der Waals surface area contributed by atoms with Gasteiger partial charge >= 0.3 is 0 Å². The lowest BCUT2D eigenvalue weighted by Gasteiger charge is -2.16. The van der Waals surface area contributed by atoms with E-state index in [0.717, 1.165) is 23.7 Å². The van der Waals surface area contributed by atoms with Crippen LogP contribution >= 0.6 is 0 Å². The van der Waals surface area contributed by atoms with Crippen molar-refractivity contribution in [2.24, 2.45) is 0 Å². The molecule has 146 valence electrons. The standard InChI is InChI=1S/C23H26N2O3/c1-3-25-20-12-8-7-11-19(20)21(15-23(25)27)28-16-22(26)24-17(2)13-14-18-9-5-4-6-10-18/h4-12,15,17H,3,13-14,16H2,1-2H3,(H,24,26). The molecule has 1 atom stereocenters. The van der Waals surface area contributed by atoms with Gasteiger partial charge in [0.1, 0.15) is 5.75 Å². The lowest BCUT2D eigenvalue weighted by molar-refractivity contribution is -0.123. The van der Waals surface area contributed by atoms with Crippen LogP contribution in [0, 0.1) is 0 Å². The summed E-state index contributed by atoms with van der Waals surface area (Å²) in [5.41, 5.74) is 1.93. The number of ether oxygens (including phenoxy) is 1. The molecule has 1 N–H and O–H groups in total. The first-order chi connectivity index (χ1) is 13.6. The van der Waals surface area contributed by atoms with Crippen molar-refractivity contribution in [3.63, 3.8) is 0 Å². The third-order valence-corrected chi connectivity index (χ3v) is 4.77. The molecule has 5 heteroatoms. The molecule has 0 saturated heterocycles. The summed E-state index contributed by atoms with van der Waals surface area (Å²) >= 11 is 0. The van der Waals surface area contributed by atoms with E-state index in [1.807, 2.05) is 56.3 Å². The second-order valence-electron chi connectivity index (χ2n) is 6.89. The largest absolute Gasteiger partial charge is 0.483 e. The number of nitrogens with one attached hydrogen (secondary N) is 1. The molecule has 3 rings (SSSR count). The van der Waals surface area contributed by atoms with Crippen LogP contribution in [0.3, 0.4) is 0 Å². The van der Waals surface area contributed by atoms with Crippen LogP contribution in [-0.4, -0.2) is 23.1 Å². The number of hydrogen-bond acceptors (Lipinski definition) is 3. The van der Waals surface area contributed by atoms with E-state index in [4.69, 9.17) is 4.74 Å². The highest BCUT2D eigenvalue weighted by molar-refractivity contribution is 5.86. The summed E-state index contributed by atoms with van der Waals surface area (Å²) in [7, 11) is 0. The molecule has 1 aromatic heterocycles. The Morgan fingerprint density at radius 1 is 1.11 bits per heavy atom. The number of aryl methyl sites for hydroxylation is 2. The maximum absolute atomic E-state index is 12.3. The molecule has 3 aromatic rings. The van der Waals surface area contributed by atoms with E-state index in [1.54, 1.807) is 4.57 Å². The number of aromatic nitrogens is 1. The van der Waals surface area contributed by atoms with Crippen molar-refractivity contribution < 1.29 is 9.53 Å². The van der Waals surface area contributed by atoms with Crippen molar-refractivity contribution in [1.82, 2.24) is 9.88 Å². The van der Waals surface area contributed by atoms with Gasteiger partial charge in [0, 0.05) is 24.0 Å². The van der Waals surface area contributed by atoms with Crippen LogP contribution in [0.2, 0.25) is 0 Å². The average Bonchev–Trinajstić information content (AvgIpc) is 2.71. The van der Waals surface area contributed by atoms with Gasteiger partial charge in [-0.1, -0.05) is 42.5 Å². The minimum Gasteiger partial charge on any atom is -0.483 e. The molecule has 28 heavy (non-hydrogen) atoms. The SMILES string of the molecule is CCn1c(=O)cc(OCC(=O)NC(C)CCc2ccccc2)c2ccccc21. The summed E-state index contributed by atoms with van der Waals surface area (Å²) in [6.07, 6.45) is 1.76. The monoisotopic (exact) mass is 378 g/mol. The Morgan fingerprint density at radius 2 is 1.82 bits per heavy atom. The minimum absolute atomic E-state index is 0.0427. The number of para-hydroxylation sites is 1. The van der Waals surface area contributed by atoms with E-state index in [1.165, 1.54) is 11.6 Å². The molecule has 1 amide bonds. The van der Waals surface area contributed by atoms with Crippen LogP contribution in [0.25, 0.3) is 10.9 Å². The van der Waals surface area contributed by atoms with Gasteiger partial charge in [0.05, 0.1) is 5.52 Å². The first-order valence-electron chi connectivity index (χ1n) is 9.67. The van der Waals surface area contributed by atoms with E-state index in [0.29, 0.717) is 12.3 Å². The number of benzene rings is 2. The Balaban J connectivity index is 1.59. The molecule has 0 saturated carbocycles. The molecule has 0 aliphatic carbocycles. The highest BCUT2D eigenvalue weighted by Gasteiger charge is 2.12. The highest BCUT2D eigenvalue weighted by Crippen LogP contribution is 2.23. The Kier molecular flexibility index (Phi) is 6.48. The molecule has 0 aliphatic rings. The van der Waals surface area contributed by atoms with Crippen LogP contribution < -0.4 is 15.6 Å². The van der Waals surface area contributed by atoms with E-state index < -0.39 is 0 Å². The lowest BCUT2D eigenvalue weighted by Crippen LogP contribution is -2.36. The Hall–Kier alpha value is -3.08. The summed E-state index contributed by atoms with van der Waals surface area (Å²) < 4.78 is 7.39. The Bertz CT molecular complexity index is 996. The smallest absolute Gasteiger partial charge is 0.258 e. The summed E-state index contributed by atoms with van der Waals surface area (Å²) in [6, 6.07) is 19.3. The minimum atomic E-state index is -0.190. The molecule has 0 fully saturated rings. The zero-order valence-electron chi connectivity index (χ0n) is 16.4. The van der Waals surface area contributed by atoms with Gasteiger partial charge < -0.3 is 14.6 Å². The van der Waals surface area contributed by atoms with Crippen molar-refractivity contribution in [3.05, 3.63) is 76.6 Å². The number of amides is 1. The molecule has 0 bridgehead atoms. The number of fused-ring (bicyclic) bond motifs is 1. The summed E-state index contributed by atoms with van der Waals surface area (Å²) in [4.78, 5) is 24.6. The molecule has 1 unspecified atom stereocenters. The summed E-state index contributed by atoms with van der Waals surface area (Å²) in [6.45, 7) is 4.38. The van der Waals surface area contributed by atoms with Gasteiger partial charge in [-0.3, -0.25) is 9.59 Å². The van der Waals surface area contributed by atoms with Gasteiger partial charge in [-0.15, -0.1) is 0 Å². The normalized spacial score (nSPS) is 11.9. The second kappa shape index (κ2) is 9.22. The Labute approximate surface area is 165 Å². The summed E-state index contributed by atoms with van der Waals surface area (Å²) in [5, 5.41) is 3.79. The molecule has 2 aromatic carbocycles. The third kappa shape index (κ3) is 4.80. The number of carbonyl (C=O) groups excluding carboxylic acids is 1. The van der Waals surface area contributed by atoms with Crippen LogP contribution in [0.4, 0.5) is 0 Å². The van der Waals surface area contributed by atoms with Gasteiger partial charge in [-0.2, -0.15) is 0 Å². The molecule has 1 heterocycles. The maximum Gasteiger partial charge on any atom is 0.258 e. The molecule has 5 nitrogen and oxygen atoms in total. The zero-order valence-corrected chi connectivity index (χ0v) is 16.4. The van der Waals surface area contributed by atoms with Gasteiger partial charge in [0.15, 0.2) is 6.61 Å². The maximum atomic E-state index is 12.3. The van der Waals surface area contributed by atoms with Gasteiger partial charge in [0.25, 0.3) is 11.5 Å². The van der Waals surface area contributed by atoms with Crippen LogP contribution in [0.5, 0.6) is 5.75 Å². The zero-order chi connectivity index (χ0) is 19.9. The van der Waals surface area contributed by atoms with Crippen LogP contribution in [-0.2, 0) is 17.8 Å². The van der Waals surface area contributed by atoms with E-state index in [2.05, 4.69) is 17.4 Å². The highest BCUT2D eigenvalue weighted by atomic mass is 16.5. The summed E-state index contributed by atoms with van der Waals surface area (Å²) in [5.74, 6) is 0.252. The van der Waals surface area contributed by atoms with E-state index >= 15 is 0 Å². The predicted octanol–water partition coefficient (Wildman–Crippen LogP) is 3.54. The third-order valence-electron chi connectivity index (χ3n) is 4.77. The number of rotatable bonds is 8. The molecule has 0 radical (unpaired) electrons. The number of hydrogen-bond donors (Lipinski definition) is 1. The molecule has 0 aliphatic heterocycles. The average molecular weight is 378 g/mol. The van der Waals surface area contributed by atoms with E-state index in [-0.39, 0.29) is 24.1 Å². The quantitative estimate of drug-likeness (QED) is 0.652. The van der Waals surface area contributed by atoms with Crippen LogP contribution in [0.15, 0.2) is 65.5 Å². The number of nitrogens with zero attached hydrogens (tertiary/aromatic N) is 1. The fourth-order valence-corrected chi connectivity index (χ4v) is 3.31. The fraction of sp³-hybridized carbons (Fsp3) is 0.304. The van der Waals surface area contributed by atoms with Crippen molar-refractivity contribution in [3.8, 4) is 5.75 Å². The van der Waals surface area contributed by atoms with Gasteiger partial charge in [-0.25, -0.2) is 0 Å². The van der Waals surface area contributed by atoms with Crippen molar-refractivity contribution in [2.75, 3.05) is 6.61 Å². The molecular weight excluding hydrogens is 352 g/mol. The van der Waals surface area contributed by atoms with Gasteiger partial charge in [-0.05, 0) is 44.4 Å². The van der Waals surface area contributed by atoms with Gasteiger partial charge in [0.2, 0.25) is 0 Å². The molecule has 0 spiro atoms. The van der Waals surface area contributed by atoms with Crippen LogP contribution in [0.1, 0.15) is 25.8 Å². The number of pyridine rings is 1. The van der Waals surface area contributed by atoms with E-state index in [9.17, 15) is 9.59 Å². The fourth-order valence-electron chi connectivity index (χ4n) is 3.31. The number of carbonyl (C=O) groups is 1. The first-order valence-corrected chi connectivity index (χ1v) is 9.67. The van der Waals surface area contributed by atoms with Crippen molar-refractivity contribution in [2.45, 2.75) is 39.3 Å². The molecular formula is C23H26N2O3.